The maximum atomic E-state index is 14.2. The van der Waals surface area contributed by atoms with Gasteiger partial charge in [-0.05, 0) is 56.2 Å². The zero-order valence-corrected chi connectivity index (χ0v) is 25.3. The first-order valence-corrected chi connectivity index (χ1v) is 15.1. The minimum absolute atomic E-state index is 0.0502. The highest BCUT2D eigenvalue weighted by atomic mass is 32.2. The summed E-state index contributed by atoms with van der Waals surface area (Å²) in [6.45, 7) is 5.12. The SMILES string of the molecule is COc1cccc(CN(C(=O)CN(c2ccccc2OC)S(C)(=O)=O)[C@@H](Cc2ccccc2)C(=O)NC(C)(C)C)c1. The monoisotopic (exact) mass is 581 g/mol. The molecule has 41 heavy (non-hydrogen) atoms. The first-order chi connectivity index (χ1) is 19.3. The summed E-state index contributed by atoms with van der Waals surface area (Å²) < 4.78 is 37.8. The second-order valence-corrected chi connectivity index (χ2v) is 12.7. The summed E-state index contributed by atoms with van der Waals surface area (Å²) in [7, 11) is -0.928. The molecule has 10 heteroatoms. The Morgan fingerprint density at radius 2 is 1.51 bits per heavy atom. The molecule has 9 nitrogen and oxygen atoms in total. The number of nitrogens with one attached hydrogen (secondary N) is 1. The van der Waals surface area contributed by atoms with E-state index in [0.717, 1.165) is 21.7 Å². The molecular formula is C31H39N3O6S. The van der Waals surface area contributed by atoms with Crippen molar-refractivity contribution in [2.45, 2.75) is 45.3 Å². The standard InChI is InChI=1S/C31H39N3O6S/c1-31(2,3)32-30(36)27(20-23-13-8-7-9-14-23)33(21-24-15-12-16-25(19-24)39-4)29(35)22-34(41(6,37)38)26-17-10-11-18-28(26)40-5/h7-19,27H,20-22H2,1-6H3,(H,32,36)/t27-/m0/s1. The Balaban J connectivity index is 2.11. The average molecular weight is 582 g/mol. The molecular weight excluding hydrogens is 542 g/mol. The first kappa shape index (κ1) is 31.5. The van der Waals surface area contributed by atoms with E-state index in [1.54, 1.807) is 49.6 Å². The molecule has 3 aromatic carbocycles. The topological polar surface area (TPSA) is 105 Å². The second kappa shape index (κ2) is 13.5. The molecule has 0 aliphatic rings. The number of ether oxygens (including phenoxy) is 2. The summed E-state index contributed by atoms with van der Waals surface area (Å²) in [5, 5.41) is 3.01. The van der Waals surface area contributed by atoms with Crippen LogP contribution in [0.1, 0.15) is 31.9 Å². The number of hydrogen-bond acceptors (Lipinski definition) is 6. The summed E-state index contributed by atoms with van der Waals surface area (Å²) >= 11 is 0. The van der Waals surface area contributed by atoms with Gasteiger partial charge in [-0.1, -0.05) is 54.6 Å². The number of rotatable bonds is 12. The Kier molecular flexibility index (Phi) is 10.4. The van der Waals surface area contributed by atoms with E-state index in [9.17, 15) is 18.0 Å². The summed E-state index contributed by atoms with van der Waals surface area (Å²) in [5.41, 5.74) is 1.25. The number of para-hydroxylation sites is 2. The summed E-state index contributed by atoms with van der Waals surface area (Å²) in [4.78, 5) is 29.4. The lowest BCUT2D eigenvalue weighted by molar-refractivity contribution is -0.140. The predicted octanol–water partition coefficient (Wildman–Crippen LogP) is 4.02. The molecule has 0 spiro atoms. The third kappa shape index (κ3) is 8.97. The van der Waals surface area contributed by atoms with Crippen molar-refractivity contribution in [2.75, 3.05) is 31.3 Å². The van der Waals surface area contributed by atoms with Gasteiger partial charge in [0.25, 0.3) is 0 Å². The molecule has 0 unspecified atom stereocenters. The van der Waals surface area contributed by atoms with Gasteiger partial charge in [0, 0.05) is 18.5 Å². The Morgan fingerprint density at radius 3 is 2.12 bits per heavy atom. The summed E-state index contributed by atoms with van der Waals surface area (Å²) in [5.74, 6) is 0.00626. The van der Waals surface area contributed by atoms with Gasteiger partial charge >= 0.3 is 0 Å². The van der Waals surface area contributed by atoms with Crippen LogP contribution in [0.5, 0.6) is 11.5 Å². The van der Waals surface area contributed by atoms with Crippen molar-refractivity contribution in [3.8, 4) is 11.5 Å². The van der Waals surface area contributed by atoms with E-state index in [1.165, 1.54) is 12.0 Å². The normalized spacial score (nSPS) is 12.2. The zero-order valence-electron chi connectivity index (χ0n) is 24.5. The first-order valence-electron chi connectivity index (χ1n) is 13.2. The number of carbonyl (C=O) groups is 2. The fourth-order valence-corrected chi connectivity index (χ4v) is 5.26. The number of nitrogens with zero attached hydrogens (tertiary/aromatic N) is 2. The van der Waals surface area contributed by atoms with Crippen LogP contribution in [-0.4, -0.2) is 63.7 Å². The molecule has 1 N–H and O–H groups in total. The number of benzene rings is 3. The third-order valence-corrected chi connectivity index (χ3v) is 7.42. The van der Waals surface area contributed by atoms with Gasteiger partial charge in [-0.3, -0.25) is 13.9 Å². The minimum atomic E-state index is -3.91. The largest absolute Gasteiger partial charge is 0.497 e. The van der Waals surface area contributed by atoms with Crippen molar-refractivity contribution in [3.05, 3.63) is 90.0 Å². The van der Waals surface area contributed by atoms with Crippen LogP contribution in [0.25, 0.3) is 0 Å². The Morgan fingerprint density at radius 1 is 0.878 bits per heavy atom. The molecule has 220 valence electrons. The van der Waals surface area contributed by atoms with Crippen molar-refractivity contribution >= 4 is 27.5 Å². The number of hydrogen-bond donors (Lipinski definition) is 1. The third-order valence-electron chi connectivity index (χ3n) is 6.29. The van der Waals surface area contributed by atoms with Crippen LogP contribution in [0.15, 0.2) is 78.9 Å². The second-order valence-electron chi connectivity index (χ2n) is 10.8. The van der Waals surface area contributed by atoms with Crippen LogP contribution in [0, 0.1) is 0 Å². The Hall–Kier alpha value is -4.05. The van der Waals surface area contributed by atoms with E-state index in [-0.39, 0.29) is 24.6 Å². The quantitative estimate of drug-likeness (QED) is 0.346. The smallest absolute Gasteiger partial charge is 0.244 e. The zero-order chi connectivity index (χ0) is 30.2. The molecule has 0 aliphatic carbocycles. The van der Waals surface area contributed by atoms with Crippen LogP contribution in [0.2, 0.25) is 0 Å². The highest BCUT2D eigenvalue weighted by Gasteiger charge is 2.34. The highest BCUT2D eigenvalue weighted by molar-refractivity contribution is 7.92. The number of carbonyl (C=O) groups excluding carboxylic acids is 2. The van der Waals surface area contributed by atoms with Gasteiger partial charge in [-0.25, -0.2) is 8.42 Å². The van der Waals surface area contributed by atoms with Crippen molar-refractivity contribution in [2.24, 2.45) is 0 Å². The van der Waals surface area contributed by atoms with Crippen molar-refractivity contribution < 1.29 is 27.5 Å². The van der Waals surface area contributed by atoms with Gasteiger partial charge in [0.05, 0.1) is 26.2 Å². The van der Waals surface area contributed by atoms with Gasteiger partial charge in [0.1, 0.15) is 24.1 Å². The summed E-state index contributed by atoms with van der Waals surface area (Å²) in [6.07, 6.45) is 1.26. The van der Waals surface area contributed by atoms with Crippen LogP contribution in [0.4, 0.5) is 5.69 Å². The lowest BCUT2D eigenvalue weighted by Crippen LogP contribution is -2.56. The molecule has 1 atom stereocenters. The number of methoxy groups -OCH3 is 2. The van der Waals surface area contributed by atoms with E-state index in [4.69, 9.17) is 9.47 Å². The molecule has 0 heterocycles. The molecule has 0 fully saturated rings. The number of amides is 2. The van der Waals surface area contributed by atoms with E-state index in [1.807, 2.05) is 57.2 Å². The molecule has 3 rings (SSSR count). The van der Waals surface area contributed by atoms with Crippen molar-refractivity contribution in [3.63, 3.8) is 0 Å². The lowest BCUT2D eigenvalue weighted by atomic mass is 10.0. The maximum Gasteiger partial charge on any atom is 0.244 e. The fraction of sp³-hybridized carbons (Fsp3) is 0.355. The van der Waals surface area contributed by atoms with Gasteiger partial charge < -0.3 is 19.7 Å². The van der Waals surface area contributed by atoms with Gasteiger partial charge in [0.15, 0.2) is 0 Å². The van der Waals surface area contributed by atoms with Crippen LogP contribution < -0.4 is 19.1 Å². The molecule has 0 saturated heterocycles. The van der Waals surface area contributed by atoms with E-state index < -0.39 is 34.1 Å². The summed E-state index contributed by atoms with van der Waals surface area (Å²) in [6, 6.07) is 22.3. The Labute approximate surface area is 243 Å². The molecule has 0 aliphatic heterocycles. The van der Waals surface area contributed by atoms with E-state index in [2.05, 4.69) is 5.32 Å². The van der Waals surface area contributed by atoms with Crippen molar-refractivity contribution in [1.29, 1.82) is 0 Å². The number of anilines is 1. The maximum absolute atomic E-state index is 14.2. The van der Waals surface area contributed by atoms with Crippen LogP contribution in [0.3, 0.4) is 0 Å². The Bertz CT molecular complexity index is 1440. The lowest BCUT2D eigenvalue weighted by Gasteiger charge is -2.35. The molecule has 3 aromatic rings. The van der Waals surface area contributed by atoms with Crippen molar-refractivity contribution in [1.82, 2.24) is 10.2 Å². The van der Waals surface area contributed by atoms with Crippen LogP contribution in [-0.2, 0) is 32.6 Å². The molecule has 0 radical (unpaired) electrons. The fourth-order valence-electron chi connectivity index (χ4n) is 4.40. The highest BCUT2D eigenvalue weighted by Crippen LogP contribution is 2.30. The van der Waals surface area contributed by atoms with E-state index >= 15 is 0 Å². The van der Waals surface area contributed by atoms with Gasteiger partial charge in [-0.15, -0.1) is 0 Å². The molecule has 0 saturated carbocycles. The average Bonchev–Trinajstić information content (AvgIpc) is 2.92. The number of sulfonamides is 1. The predicted molar refractivity (Wildman–Crippen MR) is 161 cm³/mol. The van der Waals surface area contributed by atoms with Crippen LogP contribution >= 0.6 is 0 Å². The molecule has 0 aromatic heterocycles. The van der Waals surface area contributed by atoms with E-state index in [0.29, 0.717) is 11.5 Å². The minimum Gasteiger partial charge on any atom is -0.497 e. The van der Waals surface area contributed by atoms with Gasteiger partial charge in [0.2, 0.25) is 21.8 Å². The van der Waals surface area contributed by atoms with Gasteiger partial charge in [-0.2, -0.15) is 0 Å². The molecule has 0 bridgehead atoms. The molecule has 2 amide bonds.